The zero-order valence-corrected chi connectivity index (χ0v) is 16.9. The lowest BCUT2D eigenvalue weighted by molar-refractivity contribution is -0.413. The van der Waals surface area contributed by atoms with Crippen molar-refractivity contribution in [1.82, 2.24) is 0 Å². The Labute approximate surface area is 168 Å². The maximum Gasteiger partial charge on any atom is 0.460 e. The summed E-state index contributed by atoms with van der Waals surface area (Å²) in [5.74, 6) is -19.4. The third kappa shape index (κ3) is 5.81. The van der Waals surface area contributed by atoms with E-state index in [4.69, 9.17) is 9.78 Å². The normalized spacial score (nSPS) is 15.6. The van der Waals surface area contributed by atoms with Gasteiger partial charge in [0, 0.05) is 0 Å². The van der Waals surface area contributed by atoms with Gasteiger partial charge in [-0.25, -0.2) is 9.78 Å². The summed E-state index contributed by atoms with van der Waals surface area (Å²) in [6.45, 7) is 7.92. The van der Waals surface area contributed by atoms with Crippen molar-refractivity contribution in [2.24, 2.45) is 0 Å². The molecule has 0 aromatic heterocycles. The van der Waals surface area contributed by atoms with Crippen LogP contribution < -0.4 is 0 Å². The summed E-state index contributed by atoms with van der Waals surface area (Å²) in [7, 11) is 0. The average molecular weight is 454 g/mol. The summed E-state index contributed by atoms with van der Waals surface area (Å²) in [4.78, 5) is 9.63. The van der Waals surface area contributed by atoms with E-state index < -0.39 is 42.1 Å². The Balaban J connectivity index is 3.30. The molecule has 0 aliphatic carbocycles. The SMILES string of the molecule is CC(C)c1ccc(C(CC(F)(F)C(F)(F)C(F)(F)C(F)(F)F)OOC(C)(C)C)cc1. The quantitative estimate of drug-likeness (QED) is 0.231. The second kappa shape index (κ2) is 8.57. The molecule has 0 spiro atoms. The number of halogens is 9. The topological polar surface area (TPSA) is 18.5 Å². The highest BCUT2D eigenvalue weighted by Gasteiger charge is 2.81. The summed E-state index contributed by atoms with van der Waals surface area (Å²) in [6, 6.07) is 5.38. The molecule has 174 valence electrons. The predicted octanol–water partition coefficient (Wildman–Crippen LogP) is 7.46. The van der Waals surface area contributed by atoms with Crippen LogP contribution in [0.3, 0.4) is 0 Å². The van der Waals surface area contributed by atoms with E-state index in [1.165, 1.54) is 45.0 Å². The monoisotopic (exact) mass is 454 g/mol. The lowest BCUT2D eigenvalue weighted by Crippen LogP contribution is -2.61. The molecule has 0 radical (unpaired) electrons. The van der Waals surface area contributed by atoms with Gasteiger partial charge in [0.25, 0.3) is 0 Å². The summed E-state index contributed by atoms with van der Waals surface area (Å²) in [5, 5.41) is 0. The first-order chi connectivity index (χ1) is 13.2. The average Bonchev–Trinajstić information content (AvgIpc) is 2.56. The van der Waals surface area contributed by atoms with Gasteiger partial charge in [-0.2, -0.15) is 39.5 Å². The van der Waals surface area contributed by atoms with Gasteiger partial charge in [-0.15, -0.1) is 0 Å². The first-order valence-corrected chi connectivity index (χ1v) is 8.87. The van der Waals surface area contributed by atoms with Gasteiger partial charge in [-0.05, 0) is 37.8 Å². The van der Waals surface area contributed by atoms with E-state index in [2.05, 4.69) is 0 Å². The lowest BCUT2D eigenvalue weighted by atomic mass is 9.94. The first kappa shape index (κ1) is 26.5. The molecule has 11 heteroatoms. The van der Waals surface area contributed by atoms with Crippen molar-refractivity contribution in [3.8, 4) is 0 Å². The molecule has 0 bridgehead atoms. The van der Waals surface area contributed by atoms with Gasteiger partial charge in [-0.1, -0.05) is 38.1 Å². The number of hydrogen-bond acceptors (Lipinski definition) is 2. The van der Waals surface area contributed by atoms with Crippen molar-refractivity contribution >= 4 is 0 Å². The highest BCUT2D eigenvalue weighted by atomic mass is 19.4. The van der Waals surface area contributed by atoms with Crippen molar-refractivity contribution in [2.75, 3.05) is 0 Å². The van der Waals surface area contributed by atoms with E-state index in [9.17, 15) is 39.5 Å². The molecule has 1 unspecified atom stereocenters. The second-order valence-electron chi connectivity index (χ2n) is 8.16. The molecule has 0 aliphatic rings. The van der Waals surface area contributed by atoms with Crippen molar-refractivity contribution in [2.45, 2.75) is 82.6 Å². The van der Waals surface area contributed by atoms with E-state index in [0.29, 0.717) is 0 Å². The van der Waals surface area contributed by atoms with Crippen LogP contribution in [-0.4, -0.2) is 29.5 Å². The number of hydrogen-bond donors (Lipinski definition) is 0. The van der Waals surface area contributed by atoms with Gasteiger partial charge < -0.3 is 0 Å². The molecule has 1 rings (SSSR count). The van der Waals surface area contributed by atoms with Crippen molar-refractivity contribution in [3.63, 3.8) is 0 Å². The summed E-state index contributed by atoms with van der Waals surface area (Å²) in [6.07, 6.45) is -11.1. The largest absolute Gasteiger partial charge is 0.460 e. The molecule has 0 N–H and O–H groups in total. The third-order valence-corrected chi connectivity index (χ3v) is 4.04. The van der Waals surface area contributed by atoms with Crippen LogP contribution in [0.25, 0.3) is 0 Å². The van der Waals surface area contributed by atoms with E-state index in [0.717, 1.165) is 5.56 Å². The van der Waals surface area contributed by atoms with Gasteiger partial charge in [-0.3, -0.25) is 0 Å². The summed E-state index contributed by atoms with van der Waals surface area (Å²) < 4.78 is 119. The lowest BCUT2D eigenvalue weighted by Gasteiger charge is -2.35. The number of alkyl halides is 9. The van der Waals surface area contributed by atoms with Crippen LogP contribution in [0.5, 0.6) is 0 Å². The smallest absolute Gasteiger partial charge is 0.230 e. The van der Waals surface area contributed by atoms with Crippen LogP contribution in [0.1, 0.15) is 64.2 Å². The highest BCUT2D eigenvalue weighted by Crippen LogP contribution is 2.55. The Kier molecular flexibility index (Phi) is 7.58. The van der Waals surface area contributed by atoms with Crippen LogP contribution in [0, 0.1) is 0 Å². The van der Waals surface area contributed by atoms with Gasteiger partial charge in [0.15, 0.2) is 0 Å². The minimum absolute atomic E-state index is 0.0282. The van der Waals surface area contributed by atoms with Crippen molar-refractivity contribution < 1.29 is 49.3 Å². The second-order valence-corrected chi connectivity index (χ2v) is 8.16. The predicted molar refractivity (Wildman–Crippen MR) is 90.7 cm³/mol. The van der Waals surface area contributed by atoms with Gasteiger partial charge in [0.1, 0.15) is 6.10 Å². The van der Waals surface area contributed by atoms with Gasteiger partial charge in [0.05, 0.1) is 12.0 Å². The van der Waals surface area contributed by atoms with Crippen LogP contribution in [0.4, 0.5) is 39.5 Å². The van der Waals surface area contributed by atoms with Gasteiger partial charge in [0.2, 0.25) is 0 Å². The fraction of sp³-hybridized carbons (Fsp3) is 0.684. The standard InChI is InChI=1S/C19H23F9O2/c1-11(2)12-6-8-13(9-7-12)14(29-30-15(3,4)5)10-16(20,21)17(22,23)18(24,25)19(26,27)28/h6-9,11,14H,10H2,1-5H3. The zero-order chi connectivity index (χ0) is 23.8. The molecule has 2 nitrogen and oxygen atoms in total. The molecule has 1 aromatic rings. The van der Waals surface area contributed by atoms with Crippen LogP contribution in [0.2, 0.25) is 0 Å². The number of rotatable bonds is 8. The molecular formula is C19H23F9O2. The Hall–Kier alpha value is -1.49. The highest BCUT2D eigenvalue weighted by molar-refractivity contribution is 5.26. The number of benzene rings is 1. The summed E-state index contributed by atoms with van der Waals surface area (Å²) in [5.41, 5.74) is -0.520. The Morgan fingerprint density at radius 1 is 0.733 bits per heavy atom. The molecule has 1 aromatic carbocycles. The first-order valence-electron chi connectivity index (χ1n) is 8.87. The molecular weight excluding hydrogens is 431 g/mol. The van der Waals surface area contributed by atoms with Crippen LogP contribution >= 0.6 is 0 Å². The van der Waals surface area contributed by atoms with E-state index in [1.54, 1.807) is 0 Å². The van der Waals surface area contributed by atoms with Crippen LogP contribution in [0.15, 0.2) is 24.3 Å². The molecule has 0 fully saturated rings. The minimum atomic E-state index is -6.96. The Bertz CT molecular complexity index is 689. The van der Waals surface area contributed by atoms with Crippen molar-refractivity contribution in [3.05, 3.63) is 35.4 Å². The molecule has 0 saturated carbocycles. The molecule has 30 heavy (non-hydrogen) atoms. The van der Waals surface area contributed by atoms with E-state index in [1.807, 2.05) is 13.8 Å². The Morgan fingerprint density at radius 2 is 1.17 bits per heavy atom. The molecule has 0 amide bonds. The maximum atomic E-state index is 14.1. The summed E-state index contributed by atoms with van der Waals surface area (Å²) >= 11 is 0. The van der Waals surface area contributed by atoms with Gasteiger partial charge >= 0.3 is 23.9 Å². The third-order valence-electron chi connectivity index (χ3n) is 4.04. The fourth-order valence-electron chi connectivity index (χ4n) is 2.27. The van der Waals surface area contributed by atoms with Crippen LogP contribution in [-0.2, 0) is 9.78 Å². The zero-order valence-electron chi connectivity index (χ0n) is 16.9. The minimum Gasteiger partial charge on any atom is -0.230 e. The van der Waals surface area contributed by atoms with E-state index >= 15 is 0 Å². The fourth-order valence-corrected chi connectivity index (χ4v) is 2.27. The molecule has 0 aliphatic heterocycles. The maximum absolute atomic E-state index is 14.1. The molecule has 0 saturated heterocycles. The van der Waals surface area contributed by atoms with E-state index in [-0.39, 0.29) is 11.5 Å². The molecule has 0 heterocycles. The molecule has 1 atom stereocenters. The Morgan fingerprint density at radius 3 is 1.53 bits per heavy atom. The van der Waals surface area contributed by atoms with Crippen molar-refractivity contribution in [1.29, 1.82) is 0 Å².